The summed E-state index contributed by atoms with van der Waals surface area (Å²) in [6.45, 7) is 14.6. The van der Waals surface area contributed by atoms with Crippen molar-refractivity contribution in [1.82, 2.24) is 10.2 Å². The van der Waals surface area contributed by atoms with Crippen LogP contribution in [0.3, 0.4) is 0 Å². The molecule has 1 aliphatic rings. The molecule has 3 heteroatoms. The Kier molecular flexibility index (Phi) is 7.87. The van der Waals surface area contributed by atoms with Gasteiger partial charge in [0, 0.05) is 33.7 Å². The van der Waals surface area contributed by atoms with E-state index in [1.807, 2.05) is 0 Å². The SMILES string of the molecule is CC(C)CN1CCC(OCCCNC(C)C)CC1.[HH]. The van der Waals surface area contributed by atoms with Crippen molar-refractivity contribution in [2.45, 2.75) is 59.1 Å². The van der Waals surface area contributed by atoms with Gasteiger partial charge in [-0.3, -0.25) is 0 Å². The number of ether oxygens (including phenoxy) is 1. The highest BCUT2D eigenvalue weighted by molar-refractivity contribution is 4.73. The highest BCUT2D eigenvalue weighted by atomic mass is 16.5. The standard InChI is InChI=1S/C15H32N2O.H2/c1-13(2)12-17-9-6-15(7-10-17)18-11-5-8-16-14(3)4;/h13-16H,5-12H2,1-4H3;1H. The van der Waals surface area contributed by atoms with Crippen LogP contribution in [-0.2, 0) is 4.74 Å². The first-order valence-electron chi connectivity index (χ1n) is 7.65. The van der Waals surface area contributed by atoms with Crippen molar-refractivity contribution in [3.63, 3.8) is 0 Å². The van der Waals surface area contributed by atoms with Gasteiger partial charge in [0.25, 0.3) is 0 Å². The van der Waals surface area contributed by atoms with Crippen molar-refractivity contribution in [3.8, 4) is 0 Å². The van der Waals surface area contributed by atoms with Crippen molar-refractivity contribution in [1.29, 1.82) is 0 Å². The van der Waals surface area contributed by atoms with Crippen molar-refractivity contribution in [2.75, 3.05) is 32.8 Å². The summed E-state index contributed by atoms with van der Waals surface area (Å²) in [4.78, 5) is 2.57. The van der Waals surface area contributed by atoms with Crippen LogP contribution < -0.4 is 5.32 Å². The zero-order chi connectivity index (χ0) is 13.4. The number of hydrogen-bond acceptors (Lipinski definition) is 3. The molecule has 1 saturated heterocycles. The Bertz CT molecular complexity index is 204. The molecule has 1 N–H and O–H groups in total. The zero-order valence-corrected chi connectivity index (χ0v) is 12.7. The maximum atomic E-state index is 5.95. The fraction of sp³-hybridized carbons (Fsp3) is 1.00. The van der Waals surface area contributed by atoms with Gasteiger partial charge in [-0.25, -0.2) is 0 Å². The number of rotatable bonds is 8. The second-order valence-corrected chi connectivity index (χ2v) is 6.23. The van der Waals surface area contributed by atoms with Gasteiger partial charge in [-0.05, 0) is 31.7 Å². The molecule has 3 nitrogen and oxygen atoms in total. The smallest absolute Gasteiger partial charge is 0.0599 e. The van der Waals surface area contributed by atoms with Gasteiger partial charge in [0.15, 0.2) is 0 Å². The Hall–Kier alpha value is -0.120. The van der Waals surface area contributed by atoms with E-state index < -0.39 is 0 Å². The van der Waals surface area contributed by atoms with Gasteiger partial charge < -0.3 is 15.0 Å². The van der Waals surface area contributed by atoms with Gasteiger partial charge in [-0.1, -0.05) is 27.7 Å². The number of likely N-dealkylation sites (tertiary alicyclic amines) is 1. The number of piperidine rings is 1. The maximum Gasteiger partial charge on any atom is 0.0599 e. The first-order valence-corrected chi connectivity index (χ1v) is 7.65. The predicted octanol–water partition coefficient (Wildman–Crippen LogP) is 2.76. The lowest BCUT2D eigenvalue weighted by Crippen LogP contribution is -2.39. The fourth-order valence-electron chi connectivity index (χ4n) is 2.49. The van der Waals surface area contributed by atoms with Gasteiger partial charge in [-0.2, -0.15) is 0 Å². The highest BCUT2D eigenvalue weighted by Crippen LogP contribution is 2.15. The molecular formula is C15H34N2O. The lowest BCUT2D eigenvalue weighted by Gasteiger charge is -2.32. The highest BCUT2D eigenvalue weighted by Gasteiger charge is 2.19. The van der Waals surface area contributed by atoms with Gasteiger partial charge in [0.05, 0.1) is 6.10 Å². The topological polar surface area (TPSA) is 24.5 Å². The van der Waals surface area contributed by atoms with Crippen molar-refractivity contribution >= 4 is 0 Å². The number of nitrogens with one attached hydrogen (secondary N) is 1. The third-order valence-electron chi connectivity index (χ3n) is 3.39. The van der Waals surface area contributed by atoms with E-state index in [1.165, 1.54) is 32.5 Å². The van der Waals surface area contributed by atoms with Gasteiger partial charge in [-0.15, -0.1) is 0 Å². The van der Waals surface area contributed by atoms with E-state index in [-0.39, 0.29) is 1.43 Å². The molecule has 0 radical (unpaired) electrons. The molecule has 0 bridgehead atoms. The van der Waals surface area contributed by atoms with E-state index >= 15 is 0 Å². The molecule has 1 fully saturated rings. The lowest BCUT2D eigenvalue weighted by atomic mass is 10.1. The third kappa shape index (κ3) is 7.34. The minimum Gasteiger partial charge on any atom is -0.378 e. The molecule has 0 saturated carbocycles. The Morgan fingerprint density at radius 2 is 1.89 bits per heavy atom. The summed E-state index contributed by atoms with van der Waals surface area (Å²) in [5, 5.41) is 3.42. The van der Waals surface area contributed by atoms with Crippen molar-refractivity contribution in [3.05, 3.63) is 0 Å². The molecule has 1 heterocycles. The second-order valence-electron chi connectivity index (χ2n) is 6.23. The van der Waals surface area contributed by atoms with Crippen LogP contribution in [-0.4, -0.2) is 49.8 Å². The molecule has 0 aromatic rings. The molecule has 0 atom stereocenters. The molecule has 0 spiro atoms. The molecule has 0 aromatic carbocycles. The molecule has 0 aliphatic carbocycles. The van der Waals surface area contributed by atoms with Gasteiger partial charge >= 0.3 is 0 Å². The molecule has 0 unspecified atom stereocenters. The van der Waals surface area contributed by atoms with Crippen LogP contribution in [0.1, 0.15) is 48.4 Å². The first-order chi connectivity index (χ1) is 8.58. The van der Waals surface area contributed by atoms with Crippen LogP contribution >= 0.6 is 0 Å². The van der Waals surface area contributed by atoms with Crippen LogP contribution in [0.4, 0.5) is 0 Å². The van der Waals surface area contributed by atoms with Crippen LogP contribution in [0.15, 0.2) is 0 Å². The summed E-state index contributed by atoms with van der Waals surface area (Å²) in [6.07, 6.45) is 4.06. The second kappa shape index (κ2) is 8.89. The van der Waals surface area contributed by atoms with E-state index in [2.05, 4.69) is 37.9 Å². The van der Waals surface area contributed by atoms with Crippen LogP contribution in [0.2, 0.25) is 0 Å². The average Bonchev–Trinajstić information content (AvgIpc) is 2.30. The van der Waals surface area contributed by atoms with Crippen molar-refractivity contribution in [2.24, 2.45) is 5.92 Å². The Morgan fingerprint density at radius 3 is 2.44 bits per heavy atom. The van der Waals surface area contributed by atoms with Crippen LogP contribution in [0.25, 0.3) is 0 Å². The molecule has 1 aliphatic heterocycles. The fourth-order valence-corrected chi connectivity index (χ4v) is 2.49. The van der Waals surface area contributed by atoms with Crippen molar-refractivity contribution < 1.29 is 6.16 Å². The normalized spacial score (nSPS) is 19.0. The van der Waals surface area contributed by atoms with E-state index in [1.54, 1.807) is 0 Å². The monoisotopic (exact) mass is 258 g/mol. The van der Waals surface area contributed by atoms with E-state index in [0.29, 0.717) is 12.1 Å². The predicted molar refractivity (Wildman–Crippen MR) is 80.1 cm³/mol. The molecule has 1 rings (SSSR count). The van der Waals surface area contributed by atoms with Gasteiger partial charge in [0.1, 0.15) is 0 Å². The lowest BCUT2D eigenvalue weighted by molar-refractivity contribution is 0.00458. The Labute approximate surface area is 115 Å². The molecule has 18 heavy (non-hydrogen) atoms. The first kappa shape index (κ1) is 15.9. The summed E-state index contributed by atoms with van der Waals surface area (Å²) in [5.74, 6) is 0.782. The summed E-state index contributed by atoms with van der Waals surface area (Å²) < 4.78 is 5.95. The Morgan fingerprint density at radius 1 is 1.22 bits per heavy atom. The van der Waals surface area contributed by atoms with E-state index in [4.69, 9.17) is 4.74 Å². The number of hydrogen-bond donors (Lipinski definition) is 1. The van der Waals surface area contributed by atoms with Crippen LogP contribution in [0, 0.1) is 5.92 Å². The van der Waals surface area contributed by atoms with Crippen LogP contribution in [0.5, 0.6) is 0 Å². The summed E-state index contributed by atoms with van der Waals surface area (Å²) in [6, 6.07) is 0.587. The summed E-state index contributed by atoms with van der Waals surface area (Å²) >= 11 is 0. The van der Waals surface area contributed by atoms with Gasteiger partial charge in [0.2, 0.25) is 0 Å². The largest absolute Gasteiger partial charge is 0.378 e. The molecule has 0 amide bonds. The minimum absolute atomic E-state index is 0. The van der Waals surface area contributed by atoms with E-state index in [0.717, 1.165) is 25.5 Å². The number of nitrogens with zero attached hydrogens (tertiary/aromatic N) is 1. The maximum absolute atomic E-state index is 5.95. The molecule has 0 aromatic heterocycles. The molecular weight excluding hydrogens is 224 g/mol. The third-order valence-corrected chi connectivity index (χ3v) is 3.39. The summed E-state index contributed by atoms with van der Waals surface area (Å²) in [5.41, 5.74) is 0. The Balaban J connectivity index is 0.00000324. The molecule has 110 valence electrons. The zero-order valence-electron chi connectivity index (χ0n) is 12.7. The summed E-state index contributed by atoms with van der Waals surface area (Å²) in [7, 11) is 0. The average molecular weight is 258 g/mol. The minimum atomic E-state index is 0. The quantitative estimate of drug-likeness (QED) is 0.678. The van der Waals surface area contributed by atoms with E-state index in [9.17, 15) is 0 Å².